The second kappa shape index (κ2) is 5.54. The molecule has 1 unspecified atom stereocenters. The van der Waals surface area contributed by atoms with E-state index in [9.17, 15) is 5.11 Å². The summed E-state index contributed by atoms with van der Waals surface area (Å²) in [7, 11) is 0. The van der Waals surface area contributed by atoms with Crippen LogP contribution in [0.3, 0.4) is 0 Å². The summed E-state index contributed by atoms with van der Waals surface area (Å²) in [5.74, 6) is 1.65. The van der Waals surface area contributed by atoms with E-state index in [-0.39, 0.29) is 6.10 Å². The molecule has 1 aromatic rings. The average molecular weight is 219 g/mol. The molecule has 0 aliphatic rings. The molecule has 0 radical (unpaired) electrons. The van der Waals surface area contributed by atoms with Gasteiger partial charge in [0.1, 0.15) is 5.82 Å². The Labute approximate surface area is 85.7 Å². The van der Waals surface area contributed by atoms with Gasteiger partial charge in [0, 0.05) is 12.3 Å². The Morgan fingerprint density at radius 1 is 1.69 bits per heavy atom. The van der Waals surface area contributed by atoms with E-state index in [4.69, 9.17) is 5.73 Å². The molecule has 3 N–H and O–H groups in total. The van der Waals surface area contributed by atoms with Crippen LogP contribution in [0.15, 0.2) is 4.34 Å². The van der Waals surface area contributed by atoms with Crippen molar-refractivity contribution < 1.29 is 5.11 Å². The van der Waals surface area contributed by atoms with Crippen LogP contribution >= 0.6 is 23.3 Å². The maximum Gasteiger partial charge on any atom is 0.170 e. The predicted octanol–water partition coefficient (Wildman–Crippen LogP) is 0.648. The number of aromatic nitrogens is 2. The van der Waals surface area contributed by atoms with Gasteiger partial charge in [0.25, 0.3) is 0 Å². The van der Waals surface area contributed by atoms with E-state index < -0.39 is 0 Å². The number of rotatable bonds is 5. The normalized spacial score (nSPS) is 13.2. The zero-order valence-electron chi connectivity index (χ0n) is 7.43. The first-order valence-electron chi connectivity index (χ1n) is 4.03. The minimum atomic E-state index is -0.387. The van der Waals surface area contributed by atoms with Gasteiger partial charge in [0.05, 0.1) is 6.10 Å². The average Bonchev–Trinajstić information content (AvgIpc) is 2.51. The van der Waals surface area contributed by atoms with E-state index in [0.717, 1.165) is 15.9 Å². The number of hydrogen-bond donors (Lipinski definition) is 2. The molecule has 0 amide bonds. The highest BCUT2D eigenvalue weighted by atomic mass is 32.2. The maximum atomic E-state index is 9.17. The molecular weight excluding hydrogens is 206 g/mol. The molecule has 74 valence electrons. The van der Waals surface area contributed by atoms with Gasteiger partial charge in [-0.1, -0.05) is 11.8 Å². The zero-order valence-corrected chi connectivity index (χ0v) is 9.07. The fourth-order valence-electron chi connectivity index (χ4n) is 0.737. The third-order valence-corrected chi connectivity index (χ3v) is 3.42. The molecule has 0 aromatic carbocycles. The summed E-state index contributed by atoms with van der Waals surface area (Å²) in [5, 5.41) is 9.17. The van der Waals surface area contributed by atoms with Crippen molar-refractivity contribution in [1.29, 1.82) is 0 Å². The Balaban J connectivity index is 2.20. The van der Waals surface area contributed by atoms with Gasteiger partial charge < -0.3 is 10.8 Å². The van der Waals surface area contributed by atoms with E-state index in [1.807, 2.05) is 6.92 Å². The van der Waals surface area contributed by atoms with Crippen molar-refractivity contribution in [2.45, 2.75) is 23.8 Å². The highest BCUT2D eigenvalue weighted by molar-refractivity contribution is 8.00. The van der Waals surface area contributed by atoms with Gasteiger partial charge in [-0.15, -0.1) is 0 Å². The van der Waals surface area contributed by atoms with Crippen LogP contribution in [-0.4, -0.2) is 32.9 Å². The number of thioether (sulfide) groups is 1. The molecule has 13 heavy (non-hydrogen) atoms. The minimum Gasteiger partial charge on any atom is -0.392 e. The van der Waals surface area contributed by atoms with Crippen molar-refractivity contribution in [2.75, 3.05) is 12.3 Å². The number of aryl methyl sites for hydroxylation is 1. The molecule has 0 spiro atoms. The Bertz CT molecular complexity index is 254. The first-order valence-corrected chi connectivity index (χ1v) is 5.79. The molecule has 0 saturated heterocycles. The molecule has 1 rings (SSSR count). The van der Waals surface area contributed by atoms with Crippen molar-refractivity contribution in [3.63, 3.8) is 0 Å². The zero-order chi connectivity index (χ0) is 9.68. The van der Waals surface area contributed by atoms with Crippen LogP contribution in [0.5, 0.6) is 0 Å². The highest BCUT2D eigenvalue weighted by Crippen LogP contribution is 2.20. The Hall–Kier alpha value is -0.170. The SMILES string of the molecule is Cc1nsc(SCCC(O)CN)n1. The van der Waals surface area contributed by atoms with E-state index in [1.165, 1.54) is 11.5 Å². The van der Waals surface area contributed by atoms with E-state index in [1.54, 1.807) is 11.8 Å². The third kappa shape index (κ3) is 4.04. The highest BCUT2D eigenvalue weighted by Gasteiger charge is 2.04. The van der Waals surface area contributed by atoms with Gasteiger partial charge in [-0.05, 0) is 24.9 Å². The summed E-state index contributed by atoms with van der Waals surface area (Å²) in [4.78, 5) is 4.19. The Morgan fingerprint density at radius 3 is 3.00 bits per heavy atom. The standard InChI is InChI=1S/C7H13N3OS2/c1-5-9-7(13-10-5)12-3-2-6(11)4-8/h6,11H,2-4,8H2,1H3. The molecule has 0 aliphatic carbocycles. The first kappa shape index (κ1) is 10.9. The summed E-state index contributed by atoms with van der Waals surface area (Å²) < 4.78 is 5.02. The quantitative estimate of drug-likeness (QED) is 0.711. The third-order valence-electron chi connectivity index (χ3n) is 1.46. The van der Waals surface area contributed by atoms with E-state index in [0.29, 0.717) is 13.0 Å². The van der Waals surface area contributed by atoms with Crippen LogP contribution in [0.2, 0.25) is 0 Å². The topological polar surface area (TPSA) is 72.0 Å². The fourth-order valence-corrected chi connectivity index (χ4v) is 2.49. The number of nitrogens with two attached hydrogens (primary N) is 1. The molecule has 1 heterocycles. The lowest BCUT2D eigenvalue weighted by Gasteiger charge is -2.04. The van der Waals surface area contributed by atoms with Crippen LogP contribution in [0, 0.1) is 6.92 Å². The first-order chi connectivity index (χ1) is 6.22. The Morgan fingerprint density at radius 2 is 2.46 bits per heavy atom. The smallest absolute Gasteiger partial charge is 0.170 e. The number of hydrogen-bond acceptors (Lipinski definition) is 6. The van der Waals surface area contributed by atoms with Gasteiger partial charge in [0.15, 0.2) is 4.34 Å². The maximum absolute atomic E-state index is 9.17. The molecule has 0 saturated carbocycles. The van der Waals surface area contributed by atoms with Crippen LogP contribution < -0.4 is 5.73 Å². The number of aliphatic hydroxyl groups excluding tert-OH is 1. The molecule has 4 nitrogen and oxygen atoms in total. The summed E-state index contributed by atoms with van der Waals surface area (Å²) >= 11 is 3.01. The Kier molecular flexibility index (Phi) is 4.65. The lowest BCUT2D eigenvalue weighted by atomic mass is 10.3. The molecule has 6 heteroatoms. The van der Waals surface area contributed by atoms with Crippen LogP contribution in [0.25, 0.3) is 0 Å². The lowest BCUT2D eigenvalue weighted by molar-refractivity contribution is 0.180. The second-order valence-corrected chi connectivity index (χ2v) is 4.73. The predicted molar refractivity (Wildman–Crippen MR) is 55.0 cm³/mol. The van der Waals surface area contributed by atoms with Gasteiger partial charge in [-0.3, -0.25) is 0 Å². The molecular formula is C7H13N3OS2. The largest absolute Gasteiger partial charge is 0.392 e. The molecule has 0 aliphatic heterocycles. The van der Waals surface area contributed by atoms with Crippen LogP contribution in [0.1, 0.15) is 12.2 Å². The minimum absolute atomic E-state index is 0.329. The molecule has 0 fully saturated rings. The van der Waals surface area contributed by atoms with Gasteiger partial charge >= 0.3 is 0 Å². The van der Waals surface area contributed by atoms with Gasteiger partial charge in [-0.2, -0.15) is 4.37 Å². The van der Waals surface area contributed by atoms with Crippen molar-refractivity contribution in [2.24, 2.45) is 5.73 Å². The monoisotopic (exact) mass is 219 g/mol. The number of nitrogens with zero attached hydrogens (tertiary/aromatic N) is 2. The van der Waals surface area contributed by atoms with Crippen molar-refractivity contribution >= 4 is 23.3 Å². The molecule has 0 bridgehead atoms. The fraction of sp³-hybridized carbons (Fsp3) is 0.714. The molecule has 1 aromatic heterocycles. The van der Waals surface area contributed by atoms with Gasteiger partial charge in [-0.25, -0.2) is 4.98 Å². The summed E-state index contributed by atoms with van der Waals surface area (Å²) in [6.07, 6.45) is 0.321. The van der Waals surface area contributed by atoms with E-state index in [2.05, 4.69) is 9.36 Å². The van der Waals surface area contributed by atoms with Crippen LogP contribution in [-0.2, 0) is 0 Å². The summed E-state index contributed by atoms with van der Waals surface area (Å²) in [6.45, 7) is 2.20. The summed E-state index contributed by atoms with van der Waals surface area (Å²) in [6, 6.07) is 0. The van der Waals surface area contributed by atoms with Crippen molar-refractivity contribution in [1.82, 2.24) is 9.36 Å². The number of aliphatic hydroxyl groups is 1. The second-order valence-electron chi connectivity index (χ2n) is 2.63. The molecule has 1 atom stereocenters. The lowest BCUT2D eigenvalue weighted by Crippen LogP contribution is -2.19. The summed E-state index contributed by atoms with van der Waals surface area (Å²) in [5.41, 5.74) is 5.27. The van der Waals surface area contributed by atoms with Crippen molar-refractivity contribution in [3.05, 3.63) is 5.82 Å². The van der Waals surface area contributed by atoms with Crippen LogP contribution in [0.4, 0.5) is 0 Å². The van der Waals surface area contributed by atoms with Gasteiger partial charge in [0.2, 0.25) is 0 Å². The van der Waals surface area contributed by atoms with E-state index >= 15 is 0 Å². The van der Waals surface area contributed by atoms with Crippen molar-refractivity contribution in [3.8, 4) is 0 Å².